The third-order valence-electron chi connectivity index (χ3n) is 1.79. The Morgan fingerprint density at radius 2 is 2.12 bits per heavy atom. The Bertz CT molecular complexity index is 373. The van der Waals surface area contributed by atoms with E-state index in [9.17, 15) is 13.2 Å². The van der Waals surface area contributed by atoms with Crippen LogP contribution in [-0.2, 0) is 12.5 Å². The lowest BCUT2D eigenvalue weighted by Crippen LogP contribution is -2.19. The highest BCUT2D eigenvalue weighted by molar-refractivity contribution is 6.16. The number of hydrogen-bond donors (Lipinski definition) is 1. The minimum absolute atomic E-state index is 0.0182. The Morgan fingerprint density at radius 1 is 1.47 bits per heavy atom. The van der Waals surface area contributed by atoms with Crippen LogP contribution in [0.1, 0.15) is 11.4 Å². The average Bonchev–Trinajstić information content (AvgIpc) is 2.27. The monoisotopic (exact) mass is 271 g/mol. The molecule has 0 saturated carbocycles. The number of rotatable bonds is 4. The minimum atomic E-state index is -4.89. The molecule has 1 rings (SSSR count). The van der Waals surface area contributed by atoms with Crippen LogP contribution in [0.2, 0.25) is 0 Å². The van der Waals surface area contributed by atoms with Crippen LogP contribution in [0.3, 0.4) is 0 Å². The zero-order chi connectivity index (χ0) is 13.1. The van der Waals surface area contributed by atoms with Gasteiger partial charge in [0, 0.05) is 6.07 Å². The second-order valence-corrected chi connectivity index (χ2v) is 3.20. The molecular weight excluding hydrogens is 263 g/mol. The van der Waals surface area contributed by atoms with Gasteiger partial charge >= 0.3 is 6.36 Å². The van der Waals surface area contributed by atoms with Crippen molar-refractivity contribution in [2.45, 2.75) is 18.8 Å². The topological polar surface area (TPSA) is 51.6 Å². The van der Waals surface area contributed by atoms with Gasteiger partial charge in [0.15, 0.2) is 11.5 Å². The highest BCUT2D eigenvalue weighted by Gasteiger charge is 2.34. The number of methoxy groups -OCH3 is 1. The van der Waals surface area contributed by atoms with Gasteiger partial charge in [0.1, 0.15) is 5.69 Å². The van der Waals surface area contributed by atoms with Crippen molar-refractivity contribution in [3.8, 4) is 11.5 Å². The lowest BCUT2D eigenvalue weighted by Gasteiger charge is -2.15. The number of alkyl halides is 4. The molecule has 0 atom stereocenters. The van der Waals surface area contributed by atoms with E-state index in [1.54, 1.807) is 0 Å². The van der Waals surface area contributed by atoms with Gasteiger partial charge in [-0.1, -0.05) is 0 Å². The van der Waals surface area contributed by atoms with Crippen LogP contribution in [0.4, 0.5) is 13.2 Å². The van der Waals surface area contributed by atoms with E-state index >= 15 is 0 Å². The molecule has 0 spiro atoms. The van der Waals surface area contributed by atoms with Crippen molar-refractivity contribution in [1.29, 1.82) is 0 Å². The third kappa shape index (κ3) is 3.64. The van der Waals surface area contributed by atoms with E-state index in [4.69, 9.17) is 21.4 Å². The summed E-state index contributed by atoms with van der Waals surface area (Å²) in [5, 5.41) is 8.95. The number of ether oxygens (including phenoxy) is 2. The maximum atomic E-state index is 12.1. The molecule has 1 heterocycles. The first-order valence-electron chi connectivity index (χ1n) is 4.40. The van der Waals surface area contributed by atoms with Crippen LogP contribution in [-0.4, -0.2) is 23.6 Å². The largest absolute Gasteiger partial charge is 0.573 e. The molecule has 0 amide bonds. The minimum Gasteiger partial charge on any atom is -0.493 e. The van der Waals surface area contributed by atoms with E-state index in [1.165, 1.54) is 13.2 Å². The van der Waals surface area contributed by atoms with Crippen molar-refractivity contribution in [2.24, 2.45) is 0 Å². The fraction of sp³-hybridized carbons (Fsp3) is 0.444. The van der Waals surface area contributed by atoms with E-state index < -0.39 is 18.7 Å². The lowest BCUT2D eigenvalue weighted by atomic mass is 10.2. The Kier molecular flexibility index (Phi) is 4.41. The van der Waals surface area contributed by atoms with E-state index in [0.717, 1.165) is 0 Å². The number of nitrogens with zero attached hydrogens (tertiary/aromatic N) is 1. The van der Waals surface area contributed by atoms with E-state index in [2.05, 4.69) is 9.72 Å². The lowest BCUT2D eigenvalue weighted by molar-refractivity contribution is -0.275. The summed E-state index contributed by atoms with van der Waals surface area (Å²) >= 11 is 5.51. The number of hydrogen-bond acceptors (Lipinski definition) is 4. The number of aliphatic hydroxyl groups excluding tert-OH is 1. The summed E-state index contributed by atoms with van der Waals surface area (Å²) in [6.45, 7) is -0.716. The molecule has 0 radical (unpaired) electrons. The SMILES string of the molecule is COc1cc(CCl)nc(CO)c1OC(F)(F)F. The van der Waals surface area contributed by atoms with E-state index in [-0.39, 0.29) is 23.0 Å². The van der Waals surface area contributed by atoms with Crippen LogP contribution in [0.25, 0.3) is 0 Å². The molecule has 0 aromatic carbocycles. The molecule has 1 N–H and O–H groups in total. The highest BCUT2D eigenvalue weighted by Crippen LogP contribution is 2.35. The molecule has 1 aromatic heterocycles. The summed E-state index contributed by atoms with van der Waals surface area (Å²) in [6, 6.07) is 1.22. The Labute approximate surface area is 99.9 Å². The van der Waals surface area contributed by atoms with Gasteiger partial charge < -0.3 is 14.6 Å². The molecule has 0 aliphatic heterocycles. The summed E-state index contributed by atoms with van der Waals surface area (Å²) in [5.74, 6) is -0.858. The number of aliphatic hydroxyl groups is 1. The van der Waals surface area contributed by atoms with E-state index in [0.29, 0.717) is 0 Å². The van der Waals surface area contributed by atoms with Crippen LogP contribution in [0, 0.1) is 0 Å². The van der Waals surface area contributed by atoms with Crippen molar-refractivity contribution < 1.29 is 27.8 Å². The van der Waals surface area contributed by atoms with Crippen molar-refractivity contribution in [1.82, 2.24) is 4.98 Å². The number of halogens is 4. The summed E-state index contributed by atoms with van der Waals surface area (Å²) in [6.07, 6.45) is -4.89. The predicted octanol–water partition coefficient (Wildman–Crippen LogP) is 2.22. The van der Waals surface area contributed by atoms with Crippen LogP contribution >= 0.6 is 11.6 Å². The molecule has 0 aliphatic carbocycles. The average molecular weight is 272 g/mol. The molecule has 0 fully saturated rings. The zero-order valence-electron chi connectivity index (χ0n) is 8.71. The number of pyridine rings is 1. The van der Waals surface area contributed by atoms with Crippen molar-refractivity contribution in [3.63, 3.8) is 0 Å². The van der Waals surface area contributed by atoms with Crippen LogP contribution < -0.4 is 9.47 Å². The summed E-state index contributed by atoms with van der Waals surface area (Å²) < 4.78 is 44.9. The maximum Gasteiger partial charge on any atom is 0.573 e. The Balaban J connectivity index is 3.24. The standard InChI is InChI=1S/C9H9ClF3NO3/c1-16-7-2-5(3-10)14-6(4-15)8(7)17-9(11,12)13/h2,15H,3-4H2,1H3. The van der Waals surface area contributed by atoms with Crippen LogP contribution in [0.5, 0.6) is 11.5 Å². The first kappa shape index (κ1) is 13.9. The zero-order valence-corrected chi connectivity index (χ0v) is 9.47. The first-order chi connectivity index (χ1) is 7.91. The normalized spacial score (nSPS) is 11.4. The van der Waals surface area contributed by atoms with Gasteiger partial charge in [0.05, 0.1) is 25.3 Å². The van der Waals surface area contributed by atoms with Crippen LogP contribution in [0.15, 0.2) is 6.07 Å². The molecule has 17 heavy (non-hydrogen) atoms. The molecule has 0 aliphatic rings. The molecule has 0 bridgehead atoms. The smallest absolute Gasteiger partial charge is 0.493 e. The van der Waals surface area contributed by atoms with Gasteiger partial charge in [-0.15, -0.1) is 24.8 Å². The molecular formula is C9H9ClF3NO3. The summed E-state index contributed by atoms with van der Waals surface area (Å²) in [5.41, 5.74) is -0.000541. The second kappa shape index (κ2) is 5.42. The third-order valence-corrected chi connectivity index (χ3v) is 2.06. The summed E-state index contributed by atoms with van der Waals surface area (Å²) in [7, 11) is 1.18. The van der Waals surface area contributed by atoms with E-state index in [1.807, 2.05) is 0 Å². The van der Waals surface area contributed by atoms with Gasteiger partial charge in [-0.3, -0.25) is 0 Å². The molecule has 0 saturated heterocycles. The number of aromatic nitrogens is 1. The molecule has 96 valence electrons. The van der Waals surface area contributed by atoms with Crippen molar-refractivity contribution in [3.05, 3.63) is 17.5 Å². The van der Waals surface area contributed by atoms with Crippen molar-refractivity contribution >= 4 is 11.6 Å². The fourth-order valence-corrected chi connectivity index (χ4v) is 1.30. The molecule has 1 aromatic rings. The van der Waals surface area contributed by atoms with Gasteiger partial charge in [0.25, 0.3) is 0 Å². The maximum absolute atomic E-state index is 12.1. The molecule has 4 nitrogen and oxygen atoms in total. The fourth-order valence-electron chi connectivity index (χ4n) is 1.17. The van der Waals surface area contributed by atoms with Gasteiger partial charge in [0.2, 0.25) is 0 Å². The first-order valence-corrected chi connectivity index (χ1v) is 4.94. The molecule has 0 unspecified atom stereocenters. The van der Waals surface area contributed by atoms with Gasteiger partial charge in [-0.05, 0) is 0 Å². The Morgan fingerprint density at radius 3 is 2.53 bits per heavy atom. The molecule has 8 heteroatoms. The highest BCUT2D eigenvalue weighted by atomic mass is 35.5. The quantitative estimate of drug-likeness (QED) is 0.853. The Hall–Kier alpha value is -1.21. The van der Waals surface area contributed by atoms with Gasteiger partial charge in [-0.2, -0.15) is 0 Å². The predicted molar refractivity (Wildman–Crippen MR) is 53.0 cm³/mol. The summed E-state index contributed by atoms with van der Waals surface area (Å²) in [4.78, 5) is 3.72. The van der Waals surface area contributed by atoms with Gasteiger partial charge in [-0.25, -0.2) is 4.98 Å². The second-order valence-electron chi connectivity index (χ2n) is 2.93. The van der Waals surface area contributed by atoms with Crippen molar-refractivity contribution in [2.75, 3.05) is 7.11 Å².